The summed E-state index contributed by atoms with van der Waals surface area (Å²) in [5, 5.41) is 0. The summed E-state index contributed by atoms with van der Waals surface area (Å²) in [5.41, 5.74) is 1.60. The lowest BCUT2D eigenvalue weighted by atomic mass is 9.78. The highest BCUT2D eigenvalue weighted by Gasteiger charge is 2.35. The van der Waals surface area contributed by atoms with E-state index >= 15 is 0 Å². The molecule has 0 saturated carbocycles. The Morgan fingerprint density at radius 3 is 2.55 bits per heavy atom. The maximum Gasteiger partial charge on any atom is 0.237 e. The van der Waals surface area contributed by atoms with E-state index in [1.165, 1.54) is 13.2 Å². The van der Waals surface area contributed by atoms with Crippen molar-refractivity contribution in [3.05, 3.63) is 64.1 Å². The number of aryl methyl sites for hydroxylation is 1. The van der Waals surface area contributed by atoms with Crippen LogP contribution >= 0.6 is 0 Å². The lowest BCUT2D eigenvalue weighted by Crippen LogP contribution is -2.24. The predicted molar refractivity (Wildman–Crippen MR) is 81.0 cm³/mol. The average Bonchev–Trinajstić information content (AvgIpc) is 2.95. The third-order valence-corrected chi connectivity index (χ3v) is 3.74. The van der Waals surface area contributed by atoms with Crippen molar-refractivity contribution >= 4 is 30.7 Å². The third-order valence-electron chi connectivity index (χ3n) is 3.74. The molecular formula is C17H11BO4. The summed E-state index contributed by atoms with van der Waals surface area (Å²) in [7, 11) is 5.82. The fraction of sp³-hybridized carbons (Fsp3) is 0.118. The molecule has 2 radical (unpaired) electrons. The van der Waals surface area contributed by atoms with Crippen LogP contribution in [0.15, 0.2) is 40.5 Å². The van der Waals surface area contributed by atoms with Crippen molar-refractivity contribution in [3.63, 3.8) is 0 Å². The molecule has 1 aliphatic carbocycles. The zero-order valence-electron chi connectivity index (χ0n) is 12.1. The molecule has 0 amide bonds. The summed E-state index contributed by atoms with van der Waals surface area (Å²) in [6.07, 6.45) is 1.19. The van der Waals surface area contributed by atoms with Gasteiger partial charge in [0.1, 0.15) is 19.9 Å². The fourth-order valence-electron chi connectivity index (χ4n) is 2.47. The van der Waals surface area contributed by atoms with Gasteiger partial charge in [-0.15, -0.1) is 0 Å². The van der Waals surface area contributed by atoms with Gasteiger partial charge in [0.15, 0.2) is 5.78 Å². The van der Waals surface area contributed by atoms with Crippen molar-refractivity contribution in [1.29, 1.82) is 0 Å². The van der Waals surface area contributed by atoms with Crippen LogP contribution < -0.4 is 0 Å². The molecule has 106 valence electrons. The van der Waals surface area contributed by atoms with Gasteiger partial charge in [0, 0.05) is 5.56 Å². The second-order valence-electron chi connectivity index (χ2n) is 5.25. The van der Waals surface area contributed by atoms with E-state index in [0.29, 0.717) is 5.56 Å². The normalized spacial score (nSPS) is 14.3. The van der Waals surface area contributed by atoms with Gasteiger partial charge >= 0.3 is 0 Å². The van der Waals surface area contributed by atoms with Crippen LogP contribution in [0, 0.1) is 6.92 Å². The highest BCUT2D eigenvalue weighted by molar-refractivity contribution is 6.59. The number of fused-ring (bicyclic) bond motifs is 1. The molecule has 0 unspecified atom stereocenters. The summed E-state index contributed by atoms with van der Waals surface area (Å²) in [4.78, 5) is 36.7. The summed E-state index contributed by atoms with van der Waals surface area (Å²) in [5.74, 6) is -1.74. The van der Waals surface area contributed by atoms with Crippen molar-refractivity contribution in [2.45, 2.75) is 13.8 Å². The van der Waals surface area contributed by atoms with Gasteiger partial charge in [-0.2, -0.15) is 0 Å². The maximum absolute atomic E-state index is 12.6. The predicted octanol–water partition coefficient (Wildman–Crippen LogP) is 2.48. The number of ketones is 3. The highest BCUT2D eigenvalue weighted by atomic mass is 16.3. The Bertz CT molecular complexity index is 871. The first kappa shape index (κ1) is 14.3. The smallest absolute Gasteiger partial charge is 0.237 e. The molecule has 5 heteroatoms. The Hall–Kier alpha value is -2.69. The number of allylic oxidation sites excluding steroid dienone is 1. The fourth-order valence-corrected chi connectivity index (χ4v) is 2.47. The van der Waals surface area contributed by atoms with Gasteiger partial charge in [0.2, 0.25) is 11.6 Å². The first-order valence-corrected chi connectivity index (χ1v) is 6.70. The molecule has 3 rings (SSSR count). The summed E-state index contributed by atoms with van der Waals surface area (Å²) in [6, 6.07) is 6.97. The molecule has 2 aromatic rings. The van der Waals surface area contributed by atoms with Gasteiger partial charge in [-0.1, -0.05) is 23.8 Å². The largest absolute Gasteiger partial charge is 0.464 e. The van der Waals surface area contributed by atoms with Crippen LogP contribution in [0.1, 0.15) is 44.5 Å². The molecule has 0 saturated heterocycles. The van der Waals surface area contributed by atoms with E-state index in [1.807, 2.05) is 13.0 Å². The topological polar surface area (TPSA) is 64.3 Å². The maximum atomic E-state index is 12.6. The van der Waals surface area contributed by atoms with Crippen LogP contribution in [-0.4, -0.2) is 25.2 Å². The van der Waals surface area contributed by atoms with E-state index in [4.69, 9.17) is 12.3 Å². The van der Waals surface area contributed by atoms with Crippen LogP contribution in [0.5, 0.6) is 0 Å². The number of carbonyl (C=O) groups excluding carboxylic acids is 3. The molecular weight excluding hydrogens is 279 g/mol. The first-order chi connectivity index (χ1) is 10.4. The van der Waals surface area contributed by atoms with E-state index in [-0.39, 0.29) is 33.7 Å². The number of benzene rings is 1. The minimum atomic E-state index is -0.758. The molecule has 0 bridgehead atoms. The Kier molecular flexibility index (Phi) is 3.21. The number of Topliss-reactive ketones (excluding diaryl/α,β-unsaturated/α-hetero) is 2. The van der Waals surface area contributed by atoms with Gasteiger partial charge in [-0.25, -0.2) is 0 Å². The lowest BCUT2D eigenvalue weighted by molar-refractivity contribution is -0.111. The number of rotatable bonds is 2. The van der Waals surface area contributed by atoms with Crippen molar-refractivity contribution in [3.8, 4) is 0 Å². The van der Waals surface area contributed by atoms with Crippen molar-refractivity contribution in [2.24, 2.45) is 0 Å². The Balaban J connectivity index is 2.17. The summed E-state index contributed by atoms with van der Waals surface area (Å²) >= 11 is 0. The zero-order chi connectivity index (χ0) is 16.0. The quantitative estimate of drug-likeness (QED) is 0.484. The Labute approximate surface area is 128 Å². The van der Waals surface area contributed by atoms with Crippen LogP contribution in [0.2, 0.25) is 0 Å². The number of carbonyl (C=O) groups is 3. The second-order valence-corrected chi connectivity index (χ2v) is 5.25. The van der Waals surface area contributed by atoms with Gasteiger partial charge < -0.3 is 4.42 Å². The standard InChI is InChI=1S/C17H11BO4/c1-8-4-3-5-10(6-8)15(20)11-7-22-17-12(11)16(21)14(19)9(2)13(17)18/h3-7H,1-2H3. The van der Waals surface area contributed by atoms with Crippen LogP contribution in [0.25, 0.3) is 5.47 Å². The molecule has 0 N–H and O–H groups in total. The average molecular weight is 290 g/mol. The Morgan fingerprint density at radius 2 is 1.86 bits per heavy atom. The van der Waals surface area contributed by atoms with Gasteiger partial charge in [0.25, 0.3) is 0 Å². The molecule has 0 atom stereocenters. The van der Waals surface area contributed by atoms with Crippen LogP contribution in [-0.2, 0) is 4.79 Å². The molecule has 0 aliphatic heterocycles. The van der Waals surface area contributed by atoms with E-state index in [2.05, 4.69) is 0 Å². The number of furan rings is 1. The zero-order valence-corrected chi connectivity index (χ0v) is 12.1. The van der Waals surface area contributed by atoms with E-state index in [1.54, 1.807) is 18.2 Å². The van der Waals surface area contributed by atoms with Crippen molar-refractivity contribution < 1.29 is 18.8 Å². The summed E-state index contributed by atoms with van der Waals surface area (Å²) in [6.45, 7) is 3.32. The van der Waals surface area contributed by atoms with Crippen molar-refractivity contribution in [2.75, 3.05) is 0 Å². The molecule has 1 aromatic carbocycles. The molecule has 1 aliphatic rings. The molecule has 1 aromatic heterocycles. The van der Waals surface area contributed by atoms with Gasteiger partial charge in [0.05, 0.1) is 11.1 Å². The van der Waals surface area contributed by atoms with Crippen molar-refractivity contribution in [1.82, 2.24) is 0 Å². The lowest BCUT2D eigenvalue weighted by Gasteiger charge is -2.13. The molecule has 1 heterocycles. The van der Waals surface area contributed by atoms with E-state index < -0.39 is 11.6 Å². The van der Waals surface area contributed by atoms with E-state index in [0.717, 1.165) is 5.56 Å². The van der Waals surface area contributed by atoms with Gasteiger partial charge in [-0.05, 0) is 31.0 Å². The Morgan fingerprint density at radius 1 is 1.14 bits per heavy atom. The van der Waals surface area contributed by atoms with Crippen LogP contribution in [0.3, 0.4) is 0 Å². The second kappa shape index (κ2) is 4.95. The van der Waals surface area contributed by atoms with E-state index in [9.17, 15) is 14.4 Å². The molecule has 0 fully saturated rings. The number of hydrogen-bond donors (Lipinski definition) is 0. The van der Waals surface area contributed by atoms with Crippen LogP contribution in [0.4, 0.5) is 0 Å². The monoisotopic (exact) mass is 290 g/mol. The molecule has 0 spiro atoms. The minimum Gasteiger partial charge on any atom is -0.464 e. The van der Waals surface area contributed by atoms with Gasteiger partial charge in [-0.3, -0.25) is 14.4 Å². The SMILES string of the molecule is [B]C1=C(C)C(=O)C(=O)c2c(C(=O)c3cccc(C)c3)coc21. The third kappa shape index (κ3) is 1.97. The highest BCUT2D eigenvalue weighted by Crippen LogP contribution is 2.32. The summed E-state index contributed by atoms with van der Waals surface area (Å²) < 4.78 is 5.28. The first-order valence-electron chi connectivity index (χ1n) is 6.70. The molecule has 22 heavy (non-hydrogen) atoms. The minimum absolute atomic E-state index is 0.0420. The molecule has 4 nitrogen and oxygen atoms in total. The number of hydrogen-bond acceptors (Lipinski definition) is 4.